The van der Waals surface area contributed by atoms with Crippen LogP contribution < -0.4 is 10.5 Å². The van der Waals surface area contributed by atoms with Gasteiger partial charge in [-0.25, -0.2) is 13.1 Å². The van der Waals surface area contributed by atoms with Crippen LogP contribution in [0.2, 0.25) is 0 Å². The Morgan fingerprint density at radius 2 is 2.00 bits per heavy atom. The van der Waals surface area contributed by atoms with E-state index in [1.165, 1.54) is 0 Å². The van der Waals surface area contributed by atoms with Crippen LogP contribution in [0.5, 0.6) is 0 Å². The monoisotopic (exact) mass is 310 g/mol. The molecule has 1 aliphatic rings. The summed E-state index contributed by atoms with van der Waals surface area (Å²) < 4.78 is 27.1. The Morgan fingerprint density at radius 3 is 2.50 bits per heavy atom. The van der Waals surface area contributed by atoms with Crippen molar-refractivity contribution in [1.29, 1.82) is 0 Å². The normalized spacial score (nSPS) is 16.3. The molecule has 20 heavy (non-hydrogen) atoms. The zero-order valence-electron chi connectivity index (χ0n) is 11.3. The lowest BCUT2D eigenvalue weighted by molar-refractivity contribution is 0.580. The first-order valence-electron chi connectivity index (χ1n) is 6.35. The highest BCUT2D eigenvalue weighted by molar-refractivity contribution is 8.00. The van der Waals surface area contributed by atoms with Crippen molar-refractivity contribution in [1.82, 2.24) is 4.72 Å². The molecule has 0 radical (unpaired) electrons. The van der Waals surface area contributed by atoms with Crippen molar-refractivity contribution in [3.05, 3.63) is 29.8 Å². The van der Waals surface area contributed by atoms with E-state index in [0.29, 0.717) is 13.1 Å². The van der Waals surface area contributed by atoms with Crippen molar-refractivity contribution in [2.24, 2.45) is 5.73 Å². The average molecular weight is 310 g/mol. The Bertz CT molecular complexity index is 623. The fourth-order valence-corrected chi connectivity index (χ4v) is 3.72. The fourth-order valence-electron chi connectivity index (χ4n) is 1.77. The van der Waals surface area contributed by atoms with E-state index in [2.05, 4.69) is 16.6 Å². The second-order valence-electron chi connectivity index (χ2n) is 4.74. The van der Waals surface area contributed by atoms with Crippen LogP contribution in [-0.2, 0) is 10.0 Å². The van der Waals surface area contributed by atoms with Crippen LogP contribution in [0.3, 0.4) is 0 Å². The third-order valence-electron chi connectivity index (χ3n) is 3.32. The Hall–Kier alpha value is -1.00. The van der Waals surface area contributed by atoms with Crippen LogP contribution in [0.25, 0.3) is 0 Å². The van der Waals surface area contributed by atoms with Crippen molar-refractivity contribution >= 4 is 21.8 Å². The summed E-state index contributed by atoms with van der Waals surface area (Å²) in [6.45, 7) is 0.781. The molecule has 0 spiro atoms. The molecule has 0 heterocycles. The molecule has 0 unspecified atom stereocenters. The minimum absolute atomic E-state index is 0.111. The molecule has 3 N–H and O–H groups in total. The van der Waals surface area contributed by atoms with Crippen LogP contribution >= 0.6 is 11.8 Å². The van der Waals surface area contributed by atoms with Gasteiger partial charge in [0.25, 0.3) is 0 Å². The number of benzene rings is 1. The predicted octanol–water partition coefficient (Wildman–Crippen LogP) is 1.17. The van der Waals surface area contributed by atoms with Gasteiger partial charge in [0.05, 0.1) is 11.4 Å². The van der Waals surface area contributed by atoms with Crippen LogP contribution in [0.1, 0.15) is 18.4 Å². The first kappa shape index (κ1) is 15.4. The standard InChI is InChI=1S/C14H18N2O2S2/c1-19-14(8-9-14)11-16-20(17,18)13-6-4-12(5-7-13)3-2-10-15/h4-7,16H,8-11,15H2,1H3. The number of nitrogens with one attached hydrogen (secondary N) is 1. The van der Waals surface area contributed by atoms with Gasteiger partial charge in [-0.15, -0.1) is 0 Å². The topological polar surface area (TPSA) is 72.2 Å². The van der Waals surface area contributed by atoms with Gasteiger partial charge < -0.3 is 5.73 Å². The van der Waals surface area contributed by atoms with Crippen molar-refractivity contribution in [3.8, 4) is 11.8 Å². The Balaban J connectivity index is 2.05. The van der Waals surface area contributed by atoms with E-state index < -0.39 is 10.0 Å². The van der Waals surface area contributed by atoms with Gasteiger partial charge in [0, 0.05) is 16.9 Å². The number of nitrogens with two attached hydrogens (primary N) is 1. The molecule has 1 aromatic carbocycles. The van der Waals surface area contributed by atoms with Gasteiger partial charge in [0.2, 0.25) is 10.0 Å². The van der Waals surface area contributed by atoms with Crippen LogP contribution in [0.15, 0.2) is 29.2 Å². The molecular formula is C14H18N2O2S2. The quantitative estimate of drug-likeness (QED) is 0.801. The largest absolute Gasteiger partial charge is 0.320 e. The maximum atomic E-state index is 12.2. The second-order valence-corrected chi connectivity index (χ2v) is 7.78. The minimum atomic E-state index is -3.44. The van der Waals surface area contributed by atoms with Gasteiger partial charge in [-0.05, 0) is 43.4 Å². The lowest BCUT2D eigenvalue weighted by atomic mass is 10.2. The van der Waals surface area contributed by atoms with Gasteiger partial charge in [-0.3, -0.25) is 0 Å². The van der Waals surface area contributed by atoms with E-state index in [0.717, 1.165) is 18.4 Å². The summed E-state index contributed by atoms with van der Waals surface area (Å²) in [4.78, 5) is 0.271. The predicted molar refractivity (Wildman–Crippen MR) is 83.0 cm³/mol. The molecular weight excluding hydrogens is 292 g/mol. The molecule has 1 aromatic rings. The molecule has 108 valence electrons. The van der Waals surface area contributed by atoms with Gasteiger partial charge in [-0.1, -0.05) is 11.8 Å². The van der Waals surface area contributed by atoms with Crippen molar-refractivity contribution < 1.29 is 8.42 Å². The highest BCUT2D eigenvalue weighted by Gasteiger charge is 2.42. The molecule has 1 aliphatic carbocycles. The van der Waals surface area contributed by atoms with E-state index in [9.17, 15) is 8.42 Å². The van der Waals surface area contributed by atoms with Crippen LogP contribution in [0, 0.1) is 11.8 Å². The highest BCUT2D eigenvalue weighted by Crippen LogP contribution is 2.46. The van der Waals surface area contributed by atoms with Crippen LogP contribution in [-0.4, -0.2) is 32.5 Å². The van der Waals surface area contributed by atoms with Gasteiger partial charge >= 0.3 is 0 Å². The van der Waals surface area contributed by atoms with Gasteiger partial charge in [-0.2, -0.15) is 11.8 Å². The molecule has 1 fully saturated rings. The number of sulfonamides is 1. The maximum Gasteiger partial charge on any atom is 0.240 e. The molecule has 6 heteroatoms. The zero-order valence-corrected chi connectivity index (χ0v) is 13.0. The number of thioether (sulfide) groups is 1. The van der Waals surface area contributed by atoms with E-state index in [-0.39, 0.29) is 9.64 Å². The van der Waals surface area contributed by atoms with Crippen molar-refractivity contribution in [2.45, 2.75) is 22.5 Å². The summed E-state index contributed by atoms with van der Waals surface area (Å²) >= 11 is 1.73. The third kappa shape index (κ3) is 3.76. The van der Waals surface area contributed by atoms with E-state index in [1.807, 2.05) is 6.26 Å². The number of rotatable bonds is 5. The molecule has 0 bridgehead atoms. The Kier molecular flexibility index (Phi) is 4.76. The lowest BCUT2D eigenvalue weighted by Crippen LogP contribution is -2.31. The first-order valence-corrected chi connectivity index (χ1v) is 9.06. The minimum Gasteiger partial charge on any atom is -0.320 e. The lowest BCUT2D eigenvalue weighted by Gasteiger charge is -2.13. The van der Waals surface area contributed by atoms with Crippen LogP contribution in [0.4, 0.5) is 0 Å². The van der Waals surface area contributed by atoms with Crippen molar-refractivity contribution in [2.75, 3.05) is 19.3 Å². The molecule has 2 rings (SSSR count). The summed E-state index contributed by atoms with van der Waals surface area (Å²) in [5.74, 6) is 5.60. The number of hydrogen-bond acceptors (Lipinski definition) is 4. The smallest absolute Gasteiger partial charge is 0.240 e. The summed E-state index contributed by atoms with van der Waals surface area (Å²) in [7, 11) is -3.44. The molecule has 0 saturated heterocycles. The van der Waals surface area contributed by atoms with Gasteiger partial charge in [0.1, 0.15) is 0 Å². The highest BCUT2D eigenvalue weighted by atomic mass is 32.2. The molecule has 0 atom stereocenters. The Labute approximate surface area is 124 Å². The van der Waals surface area contributed by atoms with E-state index in [4.69, 9.17) is 5.73 Å². The molecule has 4 nitrogen and oxygen atoms in total. The van der Waals surface area contributed by atoms with Crippen molar-refractivity contribution in [3.63, 3.8) is 0 Å². The maximum absolute atomic E-state index is 12.2. The SMILES string of the molecule is CSC1(CNS(=O)(=O)c2ccc(C#CCN)cc2)CC1. The summed E-state index contributed by atoms with van der Waals surface area (Å²) in [5.41, 5.74) is 6.05. The number of hydrogen-bond donors (Lipinski definition) is 2. The summed E-state index contributed by atoms with van der Waals surface area (Å²) in [5, 5.41) is 0. The molecule has 0 aliphatic heterocycles. The summed E-state index contributed by atoms with van der Waals surface area (Å²) in [6.07, 6.45) is 4.17. The average Bonchev–Trinajstić information content (AvgIpc) is 3.24. The van der Waals surface area contributed by atoms with E-state index in [1.54, 1.807) is 36.0 Å². The zero-order chi connectivity index (χ0) is 14.6. The molecule has 0 aromatic heterocycles. The van der Waals surface area contributed by atoms with Gasteiger partial charge in [0.15, 0.2) is 0 Å². The molecule has 0 amide bonds. The second kappa shape index (κ2) is 6.19. The third-order valence-corrected chi connectivity index (χ3v) is 6.16. The fraction of sp³-hybridized carbons (Fsp3) is 0.429. The first-order chi connectivity index (χ1) is 9.51. The molecule has 1 saturated carbocycles. The summed E-state index contributed by atoms with van der Waals surface area (Å²) in [6, 6.07) is 6.53. The Morgan fingerprint density at radius 1 is 1.35 bits per heavy atom. The van der Waals surface area contributed by atoms with E-state index >= 15 is 0 Å².